The molecule has 0 radical (unpaired) electrons. The molecule has 3 rings (SSSR count). The van der Waals surface area contributed by atoms with Crippen molar-refractivity contribution >= 4 is 44.7 Å². The van der Waals surface area contributed by atoms with Gasteiger partial charge in [0.1, 0.15) is 4.60 Å². The van der Waals surface area contributed by atoms with E-state index in [9.17, 15) is 0 Å². The molecule has 0 fully saturated rings. The third-order valence-electron chi connectivity index (χ3n) is 2.47. The first-order chi connectivity index (χ1) is 8.74. The minimum absolute atomic E-state index is 0.677. The standard InChI is InChI=1S/C12H8BrClN4/c13-10-7-16-12-11(15-4-5-18(10)12)17-9-3-1-2-8(14)6-9/h1-7H,(H,15,17). The molecule has 0 aliphatic carbocycles. The summed E-state index contributed by atoms with van der Waals surface area (Å²) in [6.45, 7) is 0. The van der Waals surface area contributed by atoms with Gasteiger partial charge in [0, 0.05) is 23.1 Å². The number of fused-ring (bicyclic) bond motifs is 1. The van der Waals surface area contributed by atoms with Gasteiger partial charge in [0.2, 0.25) is 0 Å². The van der Waals surface area contributed by atoms with E-state index < -0.39 is 0 Å². The molecule has 1 aromatic carbocycles. The molecule has 0 unspecified atom stereocenters. The lowest BCUT2D eigenvalue weighted by Crippen LogP contribution is -1.97. The molecule has 0 saturated heterocycles. The summed E-state index contributed by atoms with van der Waals surface area (Å²) in [6, 6.07) is 7.47. The van der Waals surface area contributed by atoms with Crippen LogP contribution in [0.1, 0.15) is 0 Å². The molecule has 1 N–H and O–H groups in total. The maximum Gasteiger partial charge on any atom is 0.181 e. The molecule has 6 heteroatoms. The van der Waals surface area contributed by atoms with Gasteiger partial charge in [-0.15, -0.1) is 0 Å². The number of rotatable bonds is 2. The highest BCUT2D eigenvalue weighted by atomic mass is 79.9. The monoisotopic (exact) mass is 322 g/mol. The Kier molecular flexibility index (Phi) is 2.93. The summed E-state index contributed by atoms with van der Waals surface area (Å²) in [5, 5.41) is 3.88. The van der Waals surface area contributed by atoms with Gasteiger partial charge in [-0.25, -0.2) is 9.97 Å². The van der Waals surface area contributed by atoms with Gasteiger partial charge in [-0.3, -0.25) is 4.40 Å². The first-order valence-corrected chi connectivity index (χ1v) is 6.41. The summed E-state index contributed by atoms with van der Waals surface area (Å²) in [5.41, 5.74) is 1.63. The summed E-state index contributed by atoms with van der Waals surface area (Å²) in [6.07, 6.45) is 5.29. The number of halogens is 2. The summed E-state index contributed by atoms with van der Waals surface area (Å²) in [7, 11) is 0. The van der Waals surface area contributed by atoms with Crippen LogP contribution in [-0.2, 0) is 0 Å². The first kappa shape index (κ1) is 11.5. The fourth-order valence-electron chi connectivity index (χ4n) is 1.68. The third kappa shape index (κ3) is 2.07. The fraction of sp³-hybridized carbons (Fsp3) is 0. The van der Waals surface area contributed by atoms with Crippen molar-refractivity contribution in [1.82, 2.24) is 14.4 Å². The summed E-state index contributed by atoms with van der Waals surface area (Å²) in [5.74, 6) is 0.686. The van der Waals surface area contributed by atoms with Crippen LogP contribution in [0.15, 0.2) is 47.5 Å². The summed E-state index contributed by atoms with van der Waals surface area (Å²) < 4.78 is 2.79. The molecule has 2 heterocycles. The zero-order valence-corrected chi connectivity index (χ0v) is 11.5. The van der Waals surface area contributed by atoms with Crippen LogP contribution in [0.5, 0.6) is 0 Å². The topological polar surface area (TPSA) is 42.2 Å². The van der Waals surface area contributed by atoms with E-state index in [-0.39, 0.29) is 0 Å². The lowest BCUT2D eigenvalue weighted by atomic mass is 10.3. The van der Waals surface area contributed by atoms with Crippen LogP contribution in [-0.4, -0.2) is 14.4 Å². The summed E-state index contributed by atoms with van der Waals surface area (Å²) in [4.78, 5) is 8.58. The van der Waals surface area contributed by atoms with E-state index in [1.807, 2.05) is 34.9 Å². The zero-order chi connectivity index (χ0) is 12.5. The van der Waals surface area contributed by atoms with Gasteiger partial charge in [-0.1, -0.05) is 17.7 Å². The number of benzene rings is 1. The second kappa shape index (κ2) is 4.59. The van der Waals surface area contributed by atoms with Crippen LogP contribution in [0.3, 0.4) is 0 Å². The number of nitrogens with zero attached hydrogens (tertiary/aromatic N) is 3. The van der Waals surface area contributed by atoms with Crippen molar-refractivity contribution in [2.45, 2.75) is 0 Å². The quantitative estimate of drug-likeness (QED) is 0.778. The lowest BCUT2D eigenvalue weighted by Gasteiger charge is -2.06. The Balaban J connectivity index is 2.05. The third-order valence-corrected chi connectivity index (χ3v) is 3.29. The smallest absolute Gasteiger partial charge is 0.181 e. The molecule has 2 aromatic heterocycles. The molecular formula is C12H8BrClN4. The van der Waals surface area contributed by atoms with Gasteiger partial charge >= 0.3 is 0 Å². The van der Waals surface area contributed by atoms with Crippen LogP contribution in [0.25, 0.3) is 5.65 Å². The molecule has 0 amide bonds. The number of imidazole rings is 1. The Hall–Kier alpha value is -1.59. The predicted octanol–water partition coefficient (Wildman–Crippen LogP) is 3.89. The van der Waals surface area contributed by atoms with Gasteiger partial charge in [-0.05, 0) is 34.1 Å². The van der Waals surface area contributed by atoms with Crippen LogP contribution < -0.4 is 5.32 Å². The summed E-state index contributed by atoms with van der Waals surface area (Å²) >= 11 is 9.37. The average Bonchev–Trinajstić information content (AvgIpc) is 2.73. The minimum atomic E-state index is 0.677. The van der Waals surface area contributed by atoms with Crippen molar-refractivity contribution < 1.29 is 0 Å². The van der Waals surface area contributed by atoms with Crippen molar-refractivity contribution in [1.29, 1.82) is 0 Å². The lowest BCUT2D eigenvalue weighted by molar-refractivity contribution is 1.11. The maximum atomic E-state index is 5.94. The second-order valence-electron chi connectivity index (χ2n) is 3.69. The van der Waals surface area contributed by atoms with Crippen LogP contribution in [0.4, 0.5) is 11.5 Å². The van der Waals surface area contributed by atoms with Crippen molar-refractivity contribution in [3.8, 4) is 0 Å². The molecule has 90 valence electrons. The van der Waals surface area contributed by atoms with E-state index >= 15 is 0 Å². The molecule has 4 nitrogen and oxygen atoms in total. The van der Waals surface area contributed by atoms with Gasteiger partial charge in [0.05, 0.1) is 6.20 Å². The van der Waals surface area contributed by atoms with E-state index in [1.165, 1.54) is 0 Å². The number of aromatic nitrogens is 3. The average molecular weight is 324 g/mol. The normalized spacial score (nSPS) is 10.8. The molecule has 3 aromatic rings. The van der Waals surface area contributed by atoms with E-state index in [1.54, 1.807) is 12.4 Å². The van der Waals surface area contributed by atoms with Crippen molar-refractivity contribution in [2.24, 2.45) is 0 Å². The molecule has 0 aliphatic rings. The Bertz CT molecular complexity index is 710. The van der Waals surface area contributed by atoms with Gasteiger partial charge in [0.25, 0.3) is 0 Å². The molecule has 0 spiro atoms. The van der Waals surface area contributed by atoms with E-state index in [0.717, 1.165) is 15.9 Å². The van der Waals surface area contributed by atoms with Gasteiger partial charge in [-0.2, -0.15) is 0 Å². The Morgan fingerprint density at radius 2 is 2.17 bits per heavy atom. The van der Waals surface area contributed by atoms with Crippen molar-refractivity contribution in [3.63, 3.8) is 0 Å². The highest BCUT2D eigenvalue weighted by Gasteiger charge is 2.07. The molecule has 0 bridgehead atoms. The van der Waals surface area contributed by atoms with Gasteiger partial charge < -0.3 is 5.32 Å². The molecular weight excluding hydrogens is 316 g/mol. The molecule has 0 atom stereocenters. The van der Waals surface area contributed by atoms with E-state index in [0.29, 0.717) is 10.8 Å². The molecule has 18 heavy (non-hydrogen) atoms. The number of nitrogens with one attached hydrogen (secondary N) is 1. The van der Waals surface area contributed by atoms with Crippen LogP contribution in [0.2, 0.25) is 5.02 Å². The SMILES string of the molecule is Clc1cccc(Nc2nccn3c(Br)cnc23)c1. The van der Waals surface area contributed by atoms with Crippen molar-refractivity contribution in [3.05, 3.63) is 52.5 Å². The van der Waals surface area contributed by atoms with E-state index in [4.69, 9.17) is 11.6 Å². The largest absolute Gasteiger partial charge is 0.337 e. The Morgan fingerprint density at radius 1 is 1.28 bits per heavy atom. The van der Waals surface area contributed by atoms with E-state index in [2.05, 4.69) is 31.2 Å². The fourth-order valence-corrected chi connectivity index (χ4v) is 2.26. The number of hydrogen-bond acceptors (Lipinski definition) is 3. The number of hydrogen-bond donors (Lipinski definition) is 1. The highest BCUT2D eigenvalue weighted by Crippen LogP contribution is 2.23. The van der Waals surface area contributed by atoms with Crippen LogP contribution in [0, 0.1) is 0 Å². The Labute approximate surface area is 117 Å². The first-order valence-electron chi connectivity index (χ1n) is 5.24. The highest BCUT2D eigenvalue weighted by molar-refractivity contribution is 9.10. The molecule has 0 aliphatic heterocycles. The number of anilines is 2. The van der Waals surface area contributed by atoms with Gasteiger partial charge in [0.15, 0.2) is 11.5 Å². The zero-order valence-electron chi connectivity index (χ0n) is 9.14. The molecule has 0 saturated carbocycles. The second-order valence-corrected chi connectivity index (χ2v) is 4.93. The maximum absolute atomic E-state index is 5.94. The predicted molar refractivity (Wildman–Crippen MR) is 75.4 cm³/mol. The van der Waals surface area contributed by atoms with Crippen LogP contribution >= 0.6 is 27.5 Å². The Morgan fingerprint density at radius 3 is 3.00 bits per heavy atom. The minimum Gasteiger partial charge on any atom is -0.337 e. The van der Waals surface area contributed by atoms with Crippen molar-refractivity contribution in [2.75, 3.05) is 5.32 Å².